The highest BCUT2D eigenvalue weighted by Gasteiger charge is 2.56. The number of benzene rings is 1. The van der Waals surface area contributed by atoms with Crippen LogP contribution in [-0.4, -0.2) is 93.5 Å². The smallest absolute Gasteiger partial charge is 0.238 e. The van der Waals surface area contributed by atoms with Gasteiger partial charge in [-0.15, -0.1) is 0 Å². The third kappa shape index (κ3) is 5.35. The van der Waals surface area contributed by atoms with E-state index in [2.05, 4.69) is 74.9 Å². The summed E-state index contributed by atoms with van der Waals surface area (Å²) >= 11 is 0. The number of hydrogen-bond acceptors (Lipinski definition) is 7. The molecule has 2 saturated carbocycles. The van der Waals surface area contributed by atoms with Crippen LogP contribution >= 0.6 is 0 Å². The van der Waals surface area contributed by atoms with Crippen LogP contribution in [-0.2, 0) is 15.0 Å². The Kier molecular flexibility index (Phi) is 7.99. The molecule has 0 unspecified atom stereocenters. The minimum atomic E-state index is -0.581. The fourth-order valence-electron chi connectivity index (χ4n) is 9.73. The standard InChI is InChI=1S/C40H54N8O2/c1-26(2)47-25-42-33-24-32(44-36(35(33)47)43-28-8-9-28)27-7-10-31-34(21-27)48(30-22-29(23-30)45-17-5-4-6-18-45)38(50)40(31)13-19-46(20-14-40)37(49)39(3)11-15-41-16-12-39/h7,10,21,24-26,28-30,41H,4-6,8-9,11-20,22-23H2,1-3H3,(H,43,44). The van der Waals surface area contributed by atoms with Gasteiger partial charge in [-0.1, -0.05) is 25.5 Å². The van der Waals surface area contributed by atoms with Crippen molar-refractivity contribution in [3.05, 3.63) is 36.2 Å². The molecule has 2 amide bonds. The fourth-order valence-corrected chi connectivity index (χ4v) is 9.73. The second-order valence-corrected chi connectivity index (χ2v) is 16.9. The van der Waals surface area contributed by atoms with E-state index < -0.39 is 5.41 Å². The third-order valence-corrected chi connectivity index (χ3v) is 13.2. The zero-order valence-corrected chi connectivity index (χ0v) is 30.2. The van der Waals surface area contributed by atoms with Gasteiger partial charge in [-0.3, -0.25) is 9.59 Å². The number of anilines is 2. The molecule has 3 aromatic rings. The van der Waals surface area contributed by atoms with E-state index in [9.17, 15) is 9.59 Å². The number of aromatic nitrogens is 3. The van der Waals surface area contributed by atoms with Gasteiger partial charge in [-0.2, -0.15) is 0 Å². The van der Waals surface area contributed by atoms with Gasteiger partial charge in [0.05, 0.1) is 23.0 Å². The number of fused-ring (bicyclic) bond motifs is 3. The lowest BCUT2D eigenvalue weighted by atomic mass is 9.72. The average molecular weight is 679 g/mol. The topological polar surface area (TPSA) is 98.6 Å². The Labute approximate surface area is 296 Å². The van der Waals surface area contributed by atoms with Gasteiger partial charge in [0.15, 0.2) is 5.82 Å². The summed E-state index contributed by atoms with van der Waals surface area (Å²) in [7, 11) is 0. The van der Waals surface area contributed by atoms with E-state index in [1.165, 1.54) is 45.2 Å². The quantitative estimate of drug-likeness (QED) is 0.323. The first kappa shape index (κ1) is 32.4. The van der Waals surface area contributed by atoms with Crippen molar-refractivity contribution in [3.8, 4) is 11.3 Å². The van der Waals surface area contributed by atoms with E-state index in [1.807, 2.05) is 6.33 Å². The van der Waals surface area contributed by atoms with Crippen molar-refractivity contribution in [1.82, 2.24) is 29.7 Å². The number of pyridine rings is 1. The Morgan fingerprint density at radius 2 is 1.70 bits per heavy atom. The van der Waals surface area contributed by atoms with Crippen molar-refractivity contribution >= 4 is 34.4 Å². The van der Waals surface area contributed by atoms with Gasteiger partial charge in [-0.05, 0) is 122 Å². The fraction of sp³-hybridized carbons (Fsp3) is 0.650. The van der Waals surface area contributed by atoms with E-state index >= 15 is 0 Å². The molecule has 9 rings (SSSR count). The number of hydrogen-bond donors (Lipinski definition) is 2. The summed E-state index contributed by atoms with van der Waals surface area (Å²) in [4.78, 5) is 45.8. The van der Waals surface area contributed by atoms with Crippen LogP contribution in [0.25, 0.3) is 22.3 Å². The van der Waals surface area contributed by atoms with Crippen LogP contribution in [0.15, 0.2) is 30.6 Å². The molecule has 2 aromatic heterocycles. The highest BCUT2D eigenvalue weighted by molar-refractivity contribution is 6.09. The van der Waals surface area contributed by atoms with Crippen molar-refractivity contribution in [1.29, 1.82) is 0 Å². The number of rotatable bonds is 7. The first-order chi connectivity index (χ1) is 24.2. The van der Waals surface area contributed by atoms with Gasteiger partial charge in [0, 0.05) is 53.9 Å². The molecule has 2 aliphatic carbocycles. The van der Waals surface area contributed by atoms with Crippen LogP contribution < -0.4 is 15.5 Å². The second-order valence-electron chi connectivity index (χ2n) is 16.9. The molecule has 0 radical (unpaired) electrons. The minimum Gasteiger partial charge on any atom is -0.366 e. The lowest BCUT2D eigenvalue weighted by Gasteiger charge is -2.48. The van der Waals surface area contributed by atoms with E-state index in [1.54, 1.807) is 0 Å². The lowest BCUT2D eigenvalue weighted by molar-refractivity contribution is -0.145. The Hall–Kier alpha value is -3.50. The lowest BCUT2D eigenvalue weighted by Crippen LogP contribution is -2.59. The van der Waals surface area contributed by atoms with Gasteiger partial charge in [0.25, 0.3) is 0 Å². The summed E-state index contributed by atoms with van der Waals surface area (Å²) in [5.41, 5.74) is 5.24. The third-order valence-electron chi connectivity index (χ3n) is 13.2. The van der Waals surface area contributed by atoms with Crippen LogP contribution in [0.5, 0.6) is 0 Å². The number of amides is 2. The Bertz CT molecular complexity index is 1790. The molecule has 5 fully saturated rings. The molecule has 6 heterocycles. The molecule has 3 saturated heterocycles. The van der Waals surface area contributed by atoms with Crippen LogP contribution in [0, 0.1) is 5.41 Å². The molecule has 6 aliphatic rings. The van der Waals surface area contributed by atoms with E-state index in [0.717, 1.165) is 78.1 Å². The number of nitrogens with zero attached hydrogens (tertiary/aromatic N) is 6. The van der Waals surface area contributed by atoms with Gasteiger partial charge < -0.3 is 29.9 Å². The van der Waals surface area contributed by atoms with Crippen LogP contribution in [0.3, 0.4) is 0 Å². The monoisotopic (exact) mass is 678 g/mol. The number of imidazole rings is 1. The molecule has 4 aliphatic heterocycles. The predicted molar refractivity (Wildman–Crippen MR) is 197 cm³/mol. The molecule has 50 heavy (non-hydrogen) atoms. The van der Waals surface area contributed by atoms with E-state index in [0.29, 0.717) is 38.0 Å². The number of carbonyl (C=O) groups excluding carboxylic acids is 2. The summed E-state index contributed by atoms with van der Waals surface area (Å²) in [5.74, 6) is 1.42. The normalized spacial score (nSPS) is 26.4. The van der Waals surface area contributed by atoms with Gasteiger partial charge >= 0.3 is 0 Å². The first-order valence-corrected chi connectivity index (χ1v) is 19.6. The van der Waals surface area contributed by atoms with Crippen molar-refractivity contribution in [2.45, 2.75) is 121 Å². The zero-order valence-electron chi connectivity index (χ0n) is 30.2. The highest BCUT2D eigenvalue weighted by atomic mass is 16.2. The minimum absolute atomic E-state index is 0.209. The van der Waals surface area contributed by atoms with Gasteiger partial charge in [-0.25, -0.2) is 9.97 Å². The summed E-state index contributed by atoms with van der Waals surface area (Å²) in [6, 6.07) is 10.3. The summed E-state index contributed by atoms with van der Waals surface area (Å²) in [5, 5.41) is 7.11. The Morgan fingerprint density at radius 3 is 2.40 bits per heavy atom. The molecule has 1 aromatic carbocycles. The van der Waals surface area contributed by atoms with Crippen molar-refractivity contribution in [2.24, 2.45) is 5.41 Å². The number of carbonyl (C=O) groups is 2. The molecule has 10 heteroatoms. The summed E-state index contributed by atoms with van der Waals surface area (Å²) in [6.45, 7) is 11.9. The molecule has 2 N–H and O–H groups in total. The Balaban J connectivity index is 1.05. The molecule has 1 spiro atoms. The van der Waals surface area contributed by atoms with Crippen LogP contribution in [0.2, 0.25) is 0 Å². The number of nitrogens with one attached hydrogen (secondary N) is 2. The van der Waals surface area contributed by atoms with Gasteiger partial charge in [0.1, 0.15) is 5.52 Å². The Morgan fingerprint density at radius 1 is 0.960 bits per heavy atom. The molecule has 0 atom stereocenters. The first-order valence-electron chi connectivity index (χ1n) is 19.6. The van der Waals surface area contributed by atoms with Crippen LogP contribution in [0.4, 0.5) is 11.5 Å². The molecule has 10 nitrogen and oxygen atoms in total. The molecule has 0 bridgehead atoms. The zero-order chi connectivity index (χ0) is 34.2. The van der Waals surface area contributed by atoms with Crippen LogP contribution in [0.1, 0.15) is 103 Å². The maximum absolute atomic E-state index is 14.9. The summed E-state index contributed by atoms with van der Waals surface area (Å²) < 4.78 is 2.21. The molecular formula is C40H54N8O2. The van der Waals surface area contributed by atoms with E-state index in [-0.39, 0.29) is 29.3 Å². The molecular weight excluding hydrogens is 624 g/mol. The average Bonchev–Trinajstić information content (AvgIpc) is 3.77. The largest absolute Gasteiger partial charge is 0.366 e. The van der Waals surface area contributed by atoms with Crippen molar-refractivity contribution < 1.29 is 9.59 Å². The number of piperidine rings is 3. The number of likely N-dealkylation sites (tertiary alicyclic amines) is 2. The van der Waals surface area contributed by atoms with Crippen molar-refractivity contribution in [3.63, 3.8) is 0 Å². The van der Waals surface area contributed by atoms with E-state index in [4.69, 9.17) is 9.97 Å². The SMILES string of the molecule is CC(C)n1cnc2cc(-c3ccc4c(c3)N(C3CC(N5CCCCC5)C3)C(=O)C43CCN(C(=O)C4(C)CCNCC4)CC3)nc(NC3CC3)c21. The summed E-state index contributed by atoms with van der Waals surface area (Å²) in [6.07, 6.45) is 13.4. The van der Waals surface area contributed by atoms with Crippen molar-refractivity contribution in [2.75, 3.05) is 49.5 Å². The maximum atomic E-state index is 14.9. The second kappa shape index (κ2) is 12.3. The van der Waals surface area contributed by atoms with Gasteiger partial charge in [0.2, 0.25) is 11.8 Å². The highest BCUT2D eigenvalue weighted by Crippen LogP contribution is 2.52. The predicted octanol–water partition coefficient (Wildman–Crippen LogP) is 5.87. The maximum Gasteiger partial charge on any atom is 0.238 e. The molecule has 266 valence electrons.